The standard InChI is InChI=1S/C19H25NO/c1-4-15-6-10-17(11-7-15)19(5-2)20-14-16-8-12-18(21-3)13-9-16/h6-13,19-20H,4-5,14H2,1-3H3. The van der Waals surface area contributed by atoms with Gasteiger partial charge in [-0.2, -0.15) is 0 Å². The van der Waals surface area contributed by atoms with Crippen molar-refractivity contribution in [3.05, 3.63) is 65.2 Å². The molecule has 0 aliphatic carbocycles. The molecule has 1 atom stereocenters. The van der Waals surface area contributed by atoms with Gasteiger partial charge in [-0.15, -0.1) is 0 Å². The SMILES string of the molecule is CCc1ccc(C(CC)NCc2ccc(OC)cc2)cc1. The van der Waals surface area contributed by atoms with Crippen LogP contribution in [0.25, 0.3) is 0 Å². The second-order valence-electron chi connectivity index (χ2n) is 5.28. The molecule has 0 saturated heterocycles. The zero-order chi connectivity index (χ0) is 15.1. The molecule has 0 aliphatic rings. The Kier molecular flexibility index (Phi) is 5.82. The van der Waals surface area contributed by atoms with E-state index in [1.807, 2.05) is 12.1 Å². The van der Waals surface area contributed by atoms with Crippen LogP contribution in [-0.4, -0.2) is 7.11 Å². The smallest absolute Gasteiger partial charge is 0.118 e. The Labute approximate surface area is 128 Å². The Bertz CT molecular complexity index is 530. The summed E-state index contributed by atoms with van der Waals surface area (Å²) < 4.78 is 5.19. The van der Waals surface area contributed by atoms with E-state index in [0.29, 0.717) is 6.04 Å². The van der Waals surface area contributed by atoms with Gasteiger partial charge < -0.3 is 10.1 Å². The molecule has 0 aliphatic heterocycles. The number of aryl methyl sites for hydroxylation is 1. The van der Waals surface area contributed by atoms with Crippen LogP contribution in [0.5, 0.6) is 5.75 Å². The lowest BCUT2D eigenvalue weighted by atomic mass is 10.0. The first-order chi connectivity index (χ1) is 10.3. The maximum absolute atomic E-state index is 5.19. The molecule has 112 valence electrons. The van der Waals surface area contributed by atoms with Crippen molar-refractivity contribution in [2.24, 2.45) is 0 Å². The summed E-state index contributed by atoms with van der Waals surface area (Å²) in [7, 11) is 1.69. The van der Waals surface area contributed by atoms with Crippen molar-refractivity contribution in [3.63, 3.8) is 0 Å². The number of methoxy groups -OCH3 is 1. The Balaban J connectivity index is 1.97. The van der Waals surface area contributed by atoms with Crippen molar-refractivity contribution in [3.8, 4) is 5.75 Å². The molecule has 21 heavy (non-hydrogen) atoms. The summed E-state index contributed by atoms with van der Waals surface area (Å²) in [6, 6.07) is 17.6. The van der Waals surface area contributed by atoms with Crippen LogP contribution in [0.15, 0.2) is 48.5 Å². The highest BCUT2D eigenvalue weighted by atomic mass is 16.5. The van der Waals surface area contributed by atoms with Gasteiger partial charge in [-0.05, 0) is 41.7 Å². The molecule has 2 aromatic carbocycles. The molecule has 0 saturated carbocycles. The number of benzene rings is 2. The van der Waals surface area contributed by atoms with Gasteiger partial charge >= 0.3 is 0 Å². The van der Waals surface area contributed by atoms with E-state index in [0.717, 1.165) is 25.1 Å². The first-order valence-corrected chi connectivity index (χ1v) is 7.72. The summed E-state index contributed by atoms with van der Waals surface area (Å²) in [5.41, 5.74) is 4.03. The van der Waals surface area contributed by atoms with Crippen LogP contribution >= 0.6 is 0 Å². The third-order valence-electron chi connectivity index (χ3n) is 3.91. The summed E-state index contributed by atoms with van der Waals surface area (Å²) in [5, 5.41) is 3.64. The van der Waals surface area contributed by atoms with Gasteiger partial charge in [-0.3, -0.25) is 0 Å². The lowest BCUT2D eigenvalue weighted by Gasteiger charge is -2.18. The fraction of sp³-hybridized carbons (Fsp3) is 0.368. The quantitative estimate of drug-likeness (QED) is 0.808. The van der Waals surface area contributed by atoms with Crippen molar-refractivity contribution < 1.29 is 4.74 Å². The average Bonchev–Trinajstić information content (AvgIpc) is 2.56. The first-order valence-electron chi connectivity index (χ1n) is 7.72. The molecule has 2 nitrogen and oxygen atoms in total. The van der Waals surface area contributed by atoms with E-state index in [1.165, 1.54) is 16.7 Å². The monoisotopic (exact) mass is 283 g/mol. The molecule has 0 bridgehead atoms. The maximum Gasteiger partial charge on any atom is 0.118 e. The van der Waals surface area contributed by atoms with Crippen LogP contribution in [0.1, 0.15) is 43.0 Å². The van der Waals surface area contributed by atoms with Gasteiger partial charge in [0.15, 0.2) is 0 Å². The van der Waals surface area contributed by atoms with Crippen LogP contribution in [0.4, 0.5) is 0 Å². The van der Waals surface area contributed by atoms with Gasteiger partial charge in [0.1, 0.15) is 5.75 Å². The molecule has 0 radical (unpaired) electrons. The molecule has 0 amide bonds. The molecule has 2 rings (SSSR count). The van der Waals surface area contributed by atoms with Gasteiger partial charge in [0.05, 0.1) is 7.11 Å². The molecule has 2 aromatic rings. The van der Waals surface area contributed by atoms with Crippen molar-refractivity contribution in [1.29, 1.82) is 0 Å². The Morgan fingerprint density at radius 1 is 0.905 bits per heavy atom. The Morgan fingerprint density at radius 2 is 1.52 bits per heavy atom. The van der Waals surface area contributed by atoms with Crippen LogP contribution < -0.4 is 10.1 Å². The topological polar surface area (TPSA) is 21.3 Å². The molecule has 0 aromatic heterocycles. The van der Waals surface area contributed by atoms with Gasteiger partial charge in [0.2, 0.25) is 0 Å². The summed E-state index contributed by atoms with van der Waals surface area (Å²) in [4.78, 5) is 0. The fourth-order valence-electron chi connectivity index (χ4n) is 2.47. The summed E-state index contributed by atoms with van der Waals surface area (Å²) >= 11 is 0. The number of hydrogen-bond acceptors (Lipinski definition) is 2. The van der Waals surface area contributed by atoms with E-state index in [1.54, 1.807) is 7.11 Å². The molecule has 2 heteroatoms. The minimum absolute atomic E-state index is 0.401. The highest BCUT2D eigenvalue weighted by Gasteiger charge is 2.08. The van der Waals surface area contributed by atoms with E-state index in [-0.39, 0.29) is 0 Å². The summed E-state index contributed by atoms with van der Waals surface area (Å²) in [5.74, 6) is 0.904. The predicted octanol–water partition coefficient (Wildman–Crippen LogP) is 4.50. The van der Waals surface area contributed by atoms with Crippen LogP contribution in [-0.2, 0) is 13.0 Å². The Hall–Kier alpha value is -1.80. The normalized spacial score (nSPS) is 12.1. The third kappa shape index (κ3) is 4.33. The van der Waals surface area contributed by atoms with Crippen LogP contribution in [0.2, 0.25) is 0 Å². The second-order valence-corrected chi connectivity index (χ2v) is 5.28. The highest BCUT2D eigenvalue weighted by Crippen LogP contribution is 2.19. The van der Waals surface area contributed by atoms with Crippen molar-refractivity contribution in [2.75, 3.05) is 7.11 Å². The lowest BCUT2D eigenvalue weighted by Crippen LogP contribution is -2.20. The molecule has 1 N–H and O–H groups in total. The molecular formula is C19H25NO. The average molecular weight is 283 g/mol. The second kappa shape index (κ2) is 7.84. The minimum atomic E-state index is 0.401. The van der Waals surface area contributed by atoms with E-state index in [4.69, 9.17) is 4.74 Å². The summed E-state index contributed by atoms with van der Waals surface area (Å²) in [6.45, 7) is 5.28. The molecule has 1 unspecified atom stereocenters. The van der Waals surface area contributed by atoms with E-state index < -0.39 is 0 Å². The van der Waals surface area contributed by atoms with Crippen molar-refractivity contribution >= 4 is 0 Å². The van der Waals surface area contributed by atoms with Gasteiger partial charge in [0, 0.05) is 12.6 Å². The van der Waals surface area contributed by atoms with Gasteiger partial charge in [-0.1, -0.05) is 50.2 Å². The van der Waals surface area contributed by atoms with E-state index >= 15 is 0 Å². The van der Waals surface area contributed by atoms with Gasteiger partial charge in [0.25, 0.3) is 0 Å². The first kappa shape index (κ1) is 15.6. The highest BCUT2D eigenvalue weighted by molar-refractivity contribution is 5.28. The number of ether oxygens (including phenoxy) is 1. The zero-order valence-electron chi connectivity index (χ0n) is 13.2. The lowest BCUT2D eigenvalue weighted by molar-refractivity contribution is 0.414. The van der Waals surface area contributed by atoms with Gasteiger partial charge in [-0.25, -0.2) is 0 Å². The van der Waals surface area contributed by atoms with Crippen molar-refractivity contribution in [1.82, 2.24) is 5.32 Å². The number of hydrogen-bond donors (Lipinski definition) is 1. The molecular weight excluding hydrogens is 258 g/mol. The largest absolute Gasteiger partial charge is 0.497 e. The third-order valence-corrected chi connectivity index (χ3v) is 3.91. The predicted molar refractivity (Wildman–Crippen MR) is 88.7 cm³/mol. The van der Waals surface area contributed by atoms with E-state index in [2.05, 4.69) is 55.6 Å². The van der Waals surface area contributed by atoms with Crippen molar-refractivity contribution in [2.45, 2.75) is 39.3 Å². The number of nitrogens with one attached hydrogen (secondary N) is 1. The number of rotatable bonds is 7. The maximum atomic E-state index is 5.19. The fourth-order valence-corrected chi connectivity index (χ4v) is 2.47. The van der Waals surface area contributed by atoms with Crippen LogP contribution in [0, 0.1) is 0 Å². The summed E-state index contributed by atoms with van der Waals surface area (Å²) in [6.07, 6.45) is 2.18. The van der Waals surface area contributed by atoms with Crippen LogP contribution in [0.3, 0.4) is 0 Å². The zero-order valence-corrected chi connectivity index (χ0v) is 13.2. The molecule has 0 heterocycles. The Morgan fingerprint density at radius 3 is 2.05 bits per heavy atom. The van der Waals surface area contributed by atoms with E-state index in [9.17, 15) is 0 Å². The molecule has 0 spiro atoms. The minimum Gasteiger partial charge on any atom is -0.497 e. The molecule has 0 fully saturated rings.